The Balaban J connectivity index is 1.73. The molecule has 5 heteroatoms. The minimum Gasteiger partial charge on any atom is -0.298 e. The molecule has 0 saturated heterocycles. The van der Waals surface area contributed by atoms with Crippen molar-refractivity contribution in [3.8, 4) is 0 Å². The molecule has 0 fully saturated rings. The highest BCUT2D eigenvalue weighted by atomic mass is 16.1. The first kappa shape index (κ1) is 20.4. The number of benzene rings is 2. The van der Waals surface area contributed by atoms with Crippen LogP contribution in [0.2, 0.25) is 0 Å². The second kappa shape index (κ2) is 8.44. The summed E-state index contributed by atoms with van der Waals surface area (Å²) >= 11 is 0. The van der Waals surface area contributed by atoms with Crippen LogP contribution >= 0.6 is 0 Å². The Bertz CT molecular complexity index is 1100. The molecule has 1 aromatic heterocycles. The van der Waals surface area contributed by atoms with E-state index in [1.54, 1.807) is 0 Å². The highest BCUT2D eigenvalue weighted by molar-refractivity contribution is 5.60. The van der Waals surface area contributed by atoms with Gasteiger partial charge in [0, 0.05) is 23.5 Å². The average molecular weight is 403 g/mol. The Hall–Kier alpha value is -2.92. The van der Waals surface area contributed by atoms with Crippen molar-refractivity contribution in [1.29, 1.82) is 0 Å². The lowest BCUT2D eigenvalue weighted by atomic mass is 10.1. The summed E-state index contributed by atoms with van der Waals surface area (Å²) in [5.74, 6) is 0.744. The lowest BCUT2D eigenvalue weighted by Gasteiger charge is -2.38. The molecule has 0 spiro atoms. The Kier molecular flexibility index (Phi) is 5.73. The standard InChI is InChI=1S/C25H30N4O/c1-5-23-20(4)26-25-28(22-12-11-18(2)19(3)15-22)16-27(17-29(25)24(23)30)14-13-21-9-7-6-8-10-21/h6-12,15H,5,13-14,16-17H2,1-4H3. The molecule has 4 rings (SSSR count). The highest BCUT2D eigenvalue weighted by Crippen LogP contribution is 2.29. The van der Waals surface area contributed by atoms with Crippen LogP contribution in [0.3, 0.4) is 0 Å². The molecule has 0 aliphatic carbocycles. The van der Waals surface area contributed by atoms with Gasteiger partial charge in [-0.15, -0.1) is 0 Å². The quantitative estimate of drug-likeness (QED) is 0.637. The molecular formula is C25H30N4O. The molecule has 30 heavy (non-hydrogen) atoms. The van der Waals surface area contributed by atoms with Crippen molar-refractivity contribution >= 4 is 11.6 Å². The van der Waals surface area contributed by atoms with Crippen molar-refractivity contribution < 1.29 is 0 Å². The van der Waals surface area contributed by atoms with Crippen LogP contribution in [-0.2, 0) is 19.5 Å². The molecule has 0 atom stereocenters. The van der Waals surface area contributed by atoms with Gasteiger partial charge in [-0.1, -0.05) is 43.3 Å². The zero-order valence-electron chi connectivity index (χ0n) is 18.4. The number of aryl methyl sites for hydroxylation is 3. The molecule has 0 N–H and O–H groups in total. The summed E-state index contributed by atoms with van der Waals surface area (Å²) < 4.78 is 1.84. The van der Waals surface area contributed by atoms with Crippen LogP contribution in [0.4, 0.5) is 11.6 Å². The maximum absolute atomic E-state index is 13.3. The van der Waals surface area contributed by atoms with Crippen molar-refractivity contribution in [3.63, 3.8) is 0 Å². The lowest BCUT2D eigenvalue weighted by Crippen LogP contribution is -2.48. The number of hydrogen-bond donors (Lipinski definition) is 0. The molecule has 2 aromatic carbocycles. The van der Waals surface area contributed by atoms with Gasteiger partial charge in [0.05, 0.1) is 13.3 Å². The normalized spacial score (nSPS) is 14.1. The molecular weight excluding hydrogens is 372 g/mol. The van der Waals surface area contributed by atoms with Gasteiger partial charge in [0.1, 0.15) is 0 Å². The van der Waals surface area contributed by atoms with Gasteiger partial charge in [0.25, 0.3) is 5.56 Å². The molecule has 1 aliphatic heterocycles. The molecule has 0 unspecified atom stereocenters. The third-order valence-corrected chi connectivity index (χ3v) is 6.09. The number of rotatable bonds is 5. The Morgan fingerprint density at radius 1 is 0.967 bits per heavy atom. The predicted molar refractivity (Wildman–Crippen MR) is 122 cm³/mol. The van der Waals surface area contributed by atoms with Gasteiger partial charge < -0.3 is 0 Å². The van der Waals surface area contributed by atoms with Crippen LogP contribution in [0.15, 0.2) is 53.3 Å². The third kappa shape index (κ3) is 3.90. The molecule has 2 heterocycles. The van der Waals surface area contributed by atoms with Crippen molar-refractivity contribution in [2.24, 2.45) is 0 Å². The van der Waals surface area contributed by atoms with E-state index < -0.39 is 0 Å². The number of aromatic nitrogens is 2. The van der Waals surface area contributed by atoms with Gasteiger partial charge >= 0.3 is 0 Å². The molecule has 156 valence electrons. The molecule has 0 bridgehead atoms. The van der Waals surface area contributed by atoms with Crippen molar-refractivity contribution in [2.75, 3.05) is 18.1 Å². The monoisotopic (exact) mass is 402 g/mol. The smallest absolute Gasteiger partial charge is 0.259 e. The van der Waals surface area contributed by atoms with Crippen LogP contribution in [0.5, 0.6) is 0 Å². The van der Waals surface area contributed by atoms with E-state index in [2.05, 4.69) is 66.1 Å². The summed E-state index contributed by atoms with van der Waals surface area (Å²) in [6.07, 6.45) is 1.65. The summed E-state index contributed by atoms with van der Waals surface area (Å²) in [5.41, 5.74) is 6.61. The van der Waals surface area contributed by atoms with E-state index in [0.29, 0.717) is 19.8 Å². The Morgan fingerprint density at radius 3 is 2.43 bits per heavy atom. The van der Waals surface area contributed by atoms with E-state index in [0.717, 1.165) is 35.9 Å². The first-order valence-electron chi connectivity index (χ1n) is 10.7. The summed E-state index contributed by atoms with van der Waals surface area (Å²) in [5, 5.41) is 0. The topological polar surface area (TPSA) is 41.4 Å². The van der Waals surface area contributed by atoms with E-state index in [1.807, 2.05) is 24.5 Å². The van der Waals surface area contributed by atoms with E-state index in [9.17, 15) is 4.79 Å². The first-order chi connectivity index (χ1) is 14.5. The number of anilines is 2. The van der Waals surface area contributed by atoms with Crippen molar-refractivity contribution in [1.82, 2.24) is 14.5 Å². The van der Waals surface area contributed by atoms with Crippen molar-refractivity contribution in [2.45, 2.75) is 47.2 Å². The Labute approximate surface area is 178 Å². The average Bonchev–Trinajstić information content (AvgIpc) is 2.75. The molecule has 0 amide bonds. The summed E-state index contributed by atoms with van der Waals surface area (Å²) in [6.45, 7) is 10.4. The fraction of sp³-hybridized carbons (Fsp3) is 0.360. The van der Waals surface area contributed by atoms with Crippen LogP contribution in [0, 0.1) is 20.8 Å². The van der Waals surface area contributed by atoms with Gasteiger partial charge in [-0.25, -0.2) is 4.98 Å². The maximum Gasteiger partial charge on any atom is 0.259 e. The fourth-order valence-corrected chi connectivity index (χ4v) is 4.10. The second-order valence-corrected chi connectivity index (χ2v) is 8.17. The van der Waals surface area contributed by atoms with Crippen LogP contribution in [0.1, 0.15) is 34.9 Å². The van der Waals surface area contributed by atoms with E-state index >= 15 is 0 Å². The molecule has 1 aliphatic rings. The molecule has 0 radical (unpaired) electrons. The zero-order valence-corrected chi connectivity index (χ0v) is 18.4. The van der Waals surface area contributed by atoms with Crippen molar-refractivity contribution in [3.05, 3.63) is 86.8 Å². The number of fused-ring (bicyclic) bond motifs is 1. The second-order valence-electron chi connectivity index (χ2n) is 8.17. The van der Waals surface area contributed by atoms with Crippen LogP contribution in [-0.4, -0.2) is 27.7 Å². The Morgan fingerprint density at radius 2 is 1.73 bits per heavy atom. The number of hydrogen-bond acceptors (Lipinski definition) is 4. The first-order valence-corrected chi connectivity index (χ1v) is 10.7. The third-order valence-electron chi connectivity index (χ3n) is 6.09. The zero-order chi connectivity index (χ0) is 21.3. The SMILES string of the molecule is CCc1c(C)nc2n(c1=O)CN(CCc1ccccc1)CN2c1ccc(C)c(C)c1. The lowest BCUT2D eigenvalue weighted by molar-refractivity contribution is 0.200. The van der Waals surface area contributed by atoms with E-state index in [1.165, 1.54) is 16.7 Å². The van der Waals surface area contributed by atoms with Crippen LogP contribution in [0.25, 0.3) is 0 Å². The van der Waals surface area contributed by atoms with E-state index in [4.69, 9.17) is 4.98 Å². The molecule has 3 aromatic rings. The summed E-state index contributed by atoms with van der Waals surface area (Å²) in [6, 6.07) is 17.0. The van der Waals surface area contributed by atoms with Gasteiger partial charge in [-0.05, 0) is 62.4 Å². The largest absolute Gasteiger partial charge is 0.298 e. The maximum atomic E-state index is 13.3. The molecule has 0 saturated carbocycles. The van der Waals surface area contributed by atoms with Gasteiger partial charge in [-0.3, -0.25) is 19.2 Å². The van der Waals surface area contributed by atoms with Gasteiger partial charge in [0.2, 0.25) is 5.95 Å². The van der Waals surface area contributed by atoms with Gasteiger partial charge in [-0.2, -0.15) is 0 Å². The minimum atomic E-state index is 0.0817. The summed E-state index contributed by atoms with van der Waals surface area (Å²) in [7, 11) is 0. The molecule has 5 nitrogen and oxygen atoms in total. The van der Waals surface area contributed by atoms with Crippen LogP contribution < -0.4 is 10.5 Å². The minimum absolute atomic E-state index is 0.0817. The fourth-order valence-electron chi connectivity index (χ4n) is 4.10. The number of nitrogens with zero attached hydrogens (tertiary/aromatic N) is 4. The van der Waals surface area contributed by atoms with Gasteiger partial charge in [0.15, 0.2) is 0 Å². The summed E-state index contributed by atoms with van der Waals surface area (Å²) in [4.78, 5) is 22.6. The predicted octanol–water partition coefficient (Wildman–Crippen LogP) is 4.34. The van der Waals surface area contributed by atoms with E-state index in [-0.39, 0.29) is 5.56 Å². The highest BCUT2D eigenvalue weighted by Gasteiger charge is 2.27.